The largest absolute Gasteiger partial charge is 0.454 e. The number of carbonyl (C=O) groups is 3. The van der Waals surface area contributed by atoms with Gasteiger partial charge >= 0.3 is 12.2 Å². The van der Waals surface area contributed by atoms with E-state index in [1.807, 2.05) is 0 Å². The van der Waals surface area contributed by atoms with E-state index in [1.54, 1.807) is 18.2 Å². The molecule has 0 bridgehead atoms. The highest BCUT2D eigenvalue weighted by atomic mass is 19.4. The van der Waals surface area contributed by atoms with Gasteiger partial charge in [0.15, 0.2) is 11.5 Å². The summed E-state index contributed by atoms with van der Waals surface area (Å²) in [6, 6.07) is 6.75. The molecule has 0 saturated carbocycles. The second-order valence-electron chi connectivity index (χ2n) is 7.54. The van der Waals surface area contributed by atoms with Crippen LogP contribution in [0.15, 0.2) is 42.5 Å². The van der Waals surface area contributed by atoms with Crippen molar-refractivity contribution >= 4 is 23.5 Å². The monoisotopic (exact) mass is 449 g/mol. The molecule has 8 nitrogen and oxygen atoms in total. The summed E-state index contributed by atoms with van der Waals surface area (Å²) in [4.78, 5) is 39.2. The molecule has 0 radical (unpaired) electrons. The topological polar surface area (TPSA) is 97.0 Å². The van der Waals surface area contributed by atoms with Crippen molar-refractivity contribution in [2.75, 3.05) is 12.1 Å². The fourth-order valence-corrected chi connectivity index (χ4v) is 3.55. The number of amides is 4. The average molecular weight is 449 g/mol. The third-order valence-electron chi connectivity index (χ3n) is 5.40. The van der Waals surface area contributed by atoms with Crippen molar-refractivity contribution in [1.29, 1.82) is 0 Å². The molecule has 1 saturated heterocycles. The van der Waals surface area contributed by atoms with Crippen LogP contribution in [0, 0.1) is 0 Å². The van der Waals surface area contributed by atoms with Gasteiger partial charge in [0.1, 0.15) is 11.6 Å². The summed E-state index contributed by atoms with van der Waals surface area (Å²) in [7, 11) is 0. The SMILES string of the molecule is CC(C(=O)Nc1cccc(C(F)(F)F)c1)N1C(=O)NC(C)(c2ccc3c(c2)OCO3)C1=O. The molecular formula is C21H18F3N3O5. The van der Waals surface area contributed by atoms with Crippen molar-refractivity contribution in [2.45, 2.75) is 31.6 Å². The van der Waals surface area contributed by atoms with E-state index < -0.39 is 41.2 Å². The van der Waals surface area contributed by atoms with Crippen LogP contribution < -0.4 is 20.1 Å². The molecular weight excluding hydrogens is 431 g/mol. The Morgan fingerprint density at radius 3 is 2.59 bits per heavy atom. The molecule has 2 aromatic rings. The Morgan fingerprint density at radius 1 is 1.16 bits per heavy atom. The molecule has 2 aromatic carbocycles. The van der Waals surface area contributed by atoms with Crippen molar-refractivity contribution in [3.8, 4) is 11.5 Å². The minimum atomic E-state index is -4.58. The lowest BCUT2D eigenvalue weighted by atomic mass is 9.91. The number of halogens is 3. The van der Waals surface area contributed by atoms with E-state index in [2.05, 4.69) is 10.6 Å². The number of imide groups is 1. The van der Waals surface area contributed by atoms with Gasteiger partial charge in [0.25, 0.3) is 5.91 Å². The van der Waals surface area contributed by atoms with Crippen molar-refractivity contribution in [1.82, 2.24) is 10.2 Å². The van der Waals surface area contributed by atoms with Crippen molar-refractivity contribution in [2.24, 2.45) is 0 Å². The predicted molar refractivity (Wildman–Crippen MR) is 105 cm³/mol. The molecule has 4 amide bonds. The van der Waals surface area contributed by atoms with E-state index in [1.165, 1.54) is 19.9 Å². The Balaban J connectivity index is 1.54. The Kier molecular flexibility index (Phi) is 4.99. The zero-order chi connectivity index (χ0) is 23.3. The summed E-state index contributed by atoms with van der Waals surface area (Å²) in [5.74, 6) is -0.588. The third-order valence-corrected chi connectivity index (χ3v) is 5.40. The van der Waals surface area contributed by atoms with Crippen LogP contribution in [0.3, 0.4) is 0 Å². The minimum absolute atomic E-state index is 0.0364. The number of urea groups is 1. The first kappa shape index (κ1) is 21.5. The number of benzene rings is 2. The van der Waals surface area contributed by atoms with Gasteiger partial charge in [0.05, 0.1) is 5.56 Å². The van der Waals surface area contributed by atoms with Crippen LogP contribution in [0.2, 0.25) is 0 Å². The smallest absolute Gasteiger partial charge is 0.416 e. The van der Waals surface area contributed by atoms with Gasteiger partial charge in [-0.25, -0.2) is 9.69 Å². The summed E-state index contributed by atoms with van der Waals surface area (Å²) in [5.41, 5.74) is -2.09. The number of carbonyl (C=O) groups excluding carboxylic acids is 3. The lowest BCUT2D eigenvalue weighted by Gasteiger charge is -2.24. The van der Waals surface area contributed by atoms with Gasteiger partial charge in [-0.3, -0.25) is 9.59 Å². The highest BCUT2D eigenvalue weighted by Crippen LogP contribution is 2.38. The molecule has 2 unspecified atom stereocenters. The van der Waals surface area contributed by atoms with Gasteiger partial charge in [0.2, 0.25) is 12.7 Å². The molecule has 168 valence electrons. The van der Waals surface area contributed by atoms with E-state index in [9.17, 15) is 27.6 Å². The number of hydrogen-bond acceptors (Lipinski definition) is 5. The molecule has 2 N–H and O–H groups in total. The van der Waals surface area contributed by atoms with Crippen LogP contribution in [0.5, 0.6) is 11.5 Å². The first-order chi connectivity index (χ1) is 15.0. The van der Waals surface area contributed by atoms with Crippen LogP contribution in [0.25, 0.3) is 0 Å². The molecule has 32 heavy (non-hydrogen) atoms. The summed E-state index contributed by atoms with van der Waals surface area (Å²) in [6.45, 7) is 2.84. The average Bonchev–Trinajstić information content (AvgIpc) is 3.29. The van der Waals surface area contributed by atoms with E-state index >= 15 is 0 Å². The predicted octanol–water partition coefficient (Wildman–Crippen LogP) is 3.23. The number of hydrogen-bond donors (Lipinski definition) is 2. The van der Waals surface area contributed by atoms with E-state index in [0.29, 0.717) is 17.1 Å². The molecule has 0 aromatic heterocycles. The quantitative estimate of drug-likeness (QED) is 0.699. The first-order valence-corrected chi connectivity index (χ1v) is 9.55. The van der Waals surface area contributed by atoms with Crippen LogP contribution in [-0.4, -0.2) is 35.6 Å². The van der Waals surface area contributed by atoms with Crippen molar-refractivity contribution in [3.63, 3.8) is 0 Å². The van der Waals surface area contributed by atoms with E-state index in [-0.39, 0.29) is 12.5 Å². The second kappa shape index (κ2) is 7.43. The van der Waals surface area contributed by atoms with Crippen LogP contribution in [0.1, 0.15) is 25.0 Å². The summed E-state index contributed by atoms with van der Waals surface area (Å²) < 4.78 is 49.3. The summed E-state index contributed by atoms with van der Waals surface area (Å²) >= 11 is 0. The Hall–Kier alpha value is -3.76. The van der Waals surface area contributed by atoms with Crippen LogP contribution in [0.4, 0.5) is 23.7 Å². The van der Waals surface area contributed by atoms with E-state index in [0.717, 1.165) is 23.1 Å². The Bertz CT molecular complexity index is 1120. The van der Waals surface area contributed by atoms with Gasteiger partial charge < -0.3 is 20.1 Å². The highest BCUT2D eigenvalue weighted by Gasteiger charge is 2.52. The van der Waals surface area contributed by atoms with Gasteiger partial charge in [-0.05, 0) is 49.7 Å². The minimum Gasteiger partial charge on any atom is -0.454 e. The normalized spacial score (nSPS) is 20.8. The maximum Gasteiger partial charge on any atom is 0.416 e. The third kappa shape index (κ3) is 3.59. The second-order valence-corrected chi connectivity index (χ2v) is 7.54. The zero-order valence-corrected chi connectivity index (χ0v) is 16.9. The summed E-state index contributed by atoms with van der Waals surface area (Å²) in [6.07, 6.45) is -4.58. The van der Waals surface area contributed by atoms with Crippen LogP contribution >= 0.6 is 0 Å². The molecule has 1 fully saturated rings. The fourth-order valence-electron chi connectivity index (χ4n) is 3.55. The maximum absolute atomic E-state index is 13.2. The number of ether oxygens (including phenoxy) is 2. The molecule has 2 aliphatic heterocycles. The Morgan fingerprint density at radius 2 is 1.88 bits per heavy atom. The number of anilines is 1. The number of nitrogens with one attached hydrogen (secondary N) is 2. The summed E-state index contributed by atoms with van der Waals surface area (Å²) in [5, 5.41) is 4.90. The molecule has 2 heterocycles. The Labute approximate surface area is 180 Å². The number of rotatable bonds is 4. The van der Waals surface area contributed by atoms with Crippen LogP contribution in [-0.2, 0) is 21.3 Å². The highest BCUT2D eigenvalue weighted by molar-refractivity contribution is 6.11. The first-order valence-electron chi connectivity index (χ1n) is 9.55. The molecule has 2 aliphatic rings. The standard InChI is InChI=1S/C21H18F3N3O5/c1-11(17(28)25-14-5-3-4-13(8-14)21(22,23)24)27-18(29)20(2,26-19(27)30)12-6-7-15-16(9-12)32-10-31-15/h3-9,11H,10H2,1-2H3,(H,25,28)(H,26,30). The van der Waals surface area contributed by atoms with Gasteiger partial charge in [0, 0.05) is 5.69 Å². The molecule has 4 rings (SSSR count). The number of fused-ring (bicyclic) bond motifs is 1. The van der Waals surface area contributed by atoms with Gasteiger partial charge in [-0.1, -0.05) is 12.1 Å². The number of alkyl halides is 3. The zero-order valence-electron chi connectivity index (χ0n) is 16.9. The molecule has 2 atom stereocenters. The van der Waals surface area contributed by atoms with Crippen molar-refractivity contribution in [3.05, 3.63) is 53.6 Å². The lowest BCUT2D eigenvalue weighted by molar-refractivity contribution is -0.137. The molecule has 0 aliphatic carbocycles. The lowest BCUT2D eigenvalue weighted by Crippen LogP contribution is -2.47. The molecule has 11 heteroatoms. The van der Waals surface area contributed by atoms with Gasteiger partial charge in [-0.2, -0.15) is 13.2 Å². The van der Waals surface area contributed by atoms with Gasteiger partial charge in [-0.15, -0.1) is 0 Å². The fraction of sp³-hybridized carbons (Fsp3) is 0.286. The van der Waals surface area contributed by atoms with Crippen molar-refractivity contribution < 1.29 is 37.0 Å². The van der Waals surface area contributed by atoms with E-state index in [4.69, 9.17) is 9.47 Å². The number of nitrogens with zero attached hydrogens (tertiary/aromatic N) is 1. The molecule has 0 spiro atoms. The maximum atomic E-state index is 13.2.